The molecule has 1 fully saturated rings. The number of benzene rings is 2. The summed E-state index contributed by atoms with van der Waals surface area (Å²) in [5.41, 5.74) is 2.26. The number of unbranched alkanes of at least 4 members (excludes halogenated alkanes) is 3. The number of aromatic nitrogens is 1. The fourth-order valence-electron chi connectivity index (χ4n) is 6.72. The van der Waals surface area contributed by atoms with Crippen LogP contribution in [0, 0.1) is 0 Å². The van der Waals surface area contributed by atoms with Gasteiger partial charge in [0.2, 0.25) is 17.7 Å². The number of hydrogen-bond acceptors (Lipinski definition) is 6. The predicted molar refractivity (Wildman–Crippen MR) is 212 cm³/mol. The van der Waals surface area contributed by atoms with Crippen molar-refractivity contribution in [1.29, 1.82) is 0 Å². The van der Waals surface area contributed by atoms with E-state index in [2.05, 4.69) is 113 Å². The maximum atomic E-state index is 13.2. The molecule has 3 heterocycles. The van der Waals surface area contributed by atoms with Gasteiger partial charge in [0.1, 0.15) is 5.82 Å². The number of pyridine rings is 1. The molecule has 5 rings (SSSR count). The first kappa shape index (κ1) is 37.8. The molecule has 0 saturated carbocycles. The maximum absolute atomic E-state index is 13.2. The van der Waals surface area contributed by atoms with Gasteiger partial charge in [-0.3, -0.25) is 14.5 Å². The Morgan fingerprint density at radius 3 is 2.27 bits per heavy atom. The molecular weight excluding hydrogens is 633 g/mol. The summed E-state index contributed by atoms with van der Waals surface area (Å²) in [6, 6.07) is 19.0. The van der Waals surface area contributed by atoms with Crippen LogP contribution >= 0.6 is 0 Å². The van der Waals surface area contributed by atoms with E-state index in [4.69, 9.17) is 4.74 Å². The molecule has 0 atom stereocenters. The average Bonchev–Trinajstić information content (AvgIpc) is 3.16. The van der Waals surface area contributed by atoms with Crippen LogP contribution in [0.1, 0.15) is 83.1 Å². The lowest BCUT2D eigenvalue weighted by Gasteiger charge is -2.36. The molecule has 3 aromatic rings. The number of carbonyl (C=O) groups excluding carboxylic acids is 2. The number of anilines is 2. The second kappa shape index (κ2) is 21.0. The van der Waals surface area contributed by atoms with Crippen LogP contribution in [0.15, 0.2) is 103 Å². The van der Waals surface area contributed by atoms with Crippen LogP contribution < -0.4 is 14.5 Å². The number of fused-ring (bicyclic) bond motifs is 2. The smallest absolute Gasteiger partial charge is 0.235 e. The Morgan fingerprint density at radius 2 is 1.49 bits per heavy atom. The van der Waals surface area contributed by atoms with Crippen molar-refractivity contribution in [3.05, 3.63) is 109 Å². The Labute approximate surface area is 305 Å². The van der Waals surface area contributed by atoms with Crippen molar-refractivity contribution in [2.75, 3.05) is 49.1 Å². The van der Waals surface area contributed by atoms with Crippen LogP contribution in [0.25, 0.3) is 10.8 Å². The monoisotopic (exact) mass is 688 g/mol. The van der Waals surface area contributed by atoms with Gasteiger partial charge < -0.3 is 9.64 Å². The zero-order valence-corrected chi connectivity index (χ0v) is 30.6. The Kier molecular flexibility index (Phi) is 15.6. The molecule has 2 amide bonds. The van der Waals surface area contributed by atoms with Crippen molar-refractivity contribution in [2.45, 2.75) is 84.0 Å². The van der Waals surface area contributed by atoms with Gasteiger partial charge in [-0.15, -0.1) is 0 Å². The number of nitrogens with zero attached hydrogens (tertiary/aromatic N) is 4. The normalized spacial score (nSPS) is 15.7. The first-order chi connectivity index (χ1) is 25.1. The number of ether oxygens (including phenoxy) is 1. The Balaban J connectivity index is 0.974. The lowest BCUT2D eigenvalue weighted by Crippen LogP contribution is -2.46. The molecule has 0 unspecified atom stereocenters. The van der Waals surface area contributed by atoms with Crippen LogP contribution in [-0.2, 0) is 16.0 Å². The third kappa shape index (κ3) is 11.8. The van der Waals surface area contributed by atoms with Gasteiger partial charge in [0.05, 0.1) is 6.61 Å². The van der Waals surface area contributed by atoms with Crippen molar-refractivity contribution < 1.29 is 14.3 Å². The number of hydrogen-bond donors (Lipinski definition) is 0. The van der Waals surface area contributed by atoms with Crippen molar-refractivity contribution in [3.8, 4) is 5.88 Å². The van der Waals surface area contributed by atoms with E-state index in [0.717, 1.165) is 96.1 Å². The summed E-state index contributed by atoms with van der Waals surface area (Å²) in [6.07, 6.45) is 27.3. The number of allylic oxidation sites excluding steroid dienone is 8. The minimum Gasteiger partial charge on any atom is -0.478 e. The molecular formula is C44H56N4O3. The zero-order chi connectivity index (χ0) is 35.5. The van der Waals surface area contributed by atoms with E-state index in [1.54, 1.807) is 0 Å². The third-order valence-corrected chi connectivity index (χ3v) is 9.58. The summed E-state index contributed by atoms with van der Waals surface area (Å²) in [7, 11) is 0. The number of imide groups is 1. The molecule has 270 valence electrons. The van der Waals surface area contributed by atoms with Crippen LogP contribution in [-0.4, -0.2) is 61.0 Å². The molecule has 1 aromatic heterocycles. The first-order valence-corrected chi connectivity index (χ1v) is 19.2. The highest BCUT2D eigenvalue weighted by molar-refractivity contribution is 6.15. The fraction of sp³-hybridized carbons (Fsp3) is 0.432. The Hall–Kier alpha value is -4.49. The minimum absolute atomic E-state index is 0.170. The molecule has 0 bridgehead atoms. The second-order valence-corrected chi connectivity index (χ2v) is 13.4. The van der Waals surface area contributed by atoms with E-state index in [1.165, 1.54) is 21.4 Å². The molecule has 7 nitrogen and oxygen atoms in total. The van der Waals surface area contributed by atoms with Crippen molar-refractivity contribution in [3.63, 3.8) is 0 Å². The van der Waals surface area contributed by atoms with Crippen molar-refractivity contribution in [2.24, 2.45) is 0 Å². The highest BCUT2D eigenvalue weighted by Crippen LogP contribution is 2.30. The van der Waals surface area contributed by atoms with Crippen LogP contribution in [0.4, 0.5) is 11.5 Å². The van der Waals surface area contributed by atoms with E-state index in [9.17, 15) is 9.59 Å². The average molecular weight is 689 g/mol. The summed E-state index contributed by atoms with van der Waals surface area (Å²) in [6.45, 7) is 7.92. The van der Waals surface area contributed by atoms with E-state index >= 15 is 0 Å². The summed E-state index contributed by atoms with van der Waals surface area (Å²) in [5, 5.41) is 2.62. The lowest BCUT2D eigenvalue weighted by atomic mass is 10.0. The summed E-state index contributed by atoms with van der Waals surface area (Å²) < 4.78 is 6.03. The van der Waals surface area contributed by atoms with Crippen LogP contribution in [0.3, 0.4) is 0 Å². The van der Waals surface area contributed by atoms with Gasteiger partial charge in [0.25, 0.3) is 0 Å². The molecule has 2 aliphatic rings. The summed E-state index contributed by atoms with van der Waals surface area (Å²) in [5.74, 6) is 0.592. The number of aryl methyl sites for hydroxylation is 1. The SMILES string of the molecule is CC/C=C\C/C=C\C/C=C\C/C=C\CCCCC(=O)N1C(=O)CCc2ccc(OCCCCN3CCN(c4cccc5ccccc45)CC3)nc21. The molecule has 0 radical (unpaired) electrons. The standard InChI is InChI=1S/C44H56N4O3/c1-2-3-4-5-6-7-8-9-10-11-12-13-14-15-16-26-42(49)48-43(50)30-28-38-27-29-41(45-44(38)48)51-36-20-19-31-46-32-34-47(35-33-46)40-25-21-23-37-22-17-18-24-39(37)40/h3-4,6-7,9-10,12-13,17-18,21-25,27,29H,2,5,8,11,14-16,19-20,26,28,30-36H2,1H3/b4-3-,7-6-,10-9-,13-12-. The lowest BCUT2D eigenvalue weighted by molar-refractivity contribution is -0.127. The number of rotatable bonds is 19. The van der Waals surface area contributed by atoms with Crippen molar-refractivity contribution >= 4 is 34.1 Å². The highest BCUT2D eigenvalue weighted by Gasteiger charge is 2.31. The van der Waals surface area contributed by atoms with Gasteiger partial charge in [-0.1, -0.05) is 91.9 Å². The first-order valence-electron chi connectivity index (χ1n) is 19.2. The highest BCUT2D eigenvalue weighted by atomic mass is 16.5. The number of carbonyl (C=O) groups is 2. The minimum atomic E-state index is -0.170. The van der Waals surface area contributed by atoms with Gasteiger partial charge in [-0.05, 0) is 93.8 Å². The van der Waals surface area contributed by atoms with Crippen LogP contribution in [0.5, 0.6) is 5.88 Å². The second-order valence-electron chi connectivity index (χ2n) is 13.4. The molecule has 51 heavy (non-hydrogen) atoms. The van der Waals surface area contributed by atoms with E-state index in [0.29, 0.717) is 37.6 Å². The van der Waals surface area contributed by atoms with Gasteiger partial charge in [0, 0.05) is 56.2 Å². The topological polar surface area (TPSA) is 66.0 Å². The molecule has 0 spiro atoms. The molecule has 2 aliphatic heterocycles. The van der Waals surface area contributed by atoms with Gasteiger partial charge in [0.15, 0.2) is 0 Å². The van der Waals surface area contributed by atoms with Crippen molar-refractivity contribution in [1.82, 2.24) is 9.88 Å². The van der Waals surface area contributed by atoms with Gasteiger partial charge in [-0.25, -0.2) is 4.90 Å². The Morgan fingerprint density at radius 1 is 0.765 bits per heavy atom. The number of piperazine rings is 1. The van der Waals surface area contributed by atoms with E-state index in [-0.39, 0.29) is 11.8 Å². The van der Waals surface area contributed by atoms with E-state index < -0.39 is 0 Å². The molecule has 0 aliphatic carbocycles. The summed E-state index contributed by atoms with van der Waals surface area (Å²) >= 11 is 0. The largest absolute Gasteiger partial charge is 0.478 e. The third-order valence-electron chi connectivity index (χ3n) is 9.58. The Bertz CT molecular complexity index is 1660. The fourth-order valence-corrected chi connectivity index (χ4v) is 6.72. The zero-order valence-electron chi connectivity index (χ0n) is 30.6. The quantitative estimate of drug-likeness (QED) is 0.0924. The van der Waals surface area contributed by atoms with Crippen LogP contribution in [0.2, 0.25) is 0 Å². The van der Waals surface area contributed by atoms with Gasteiger partial charge in [-0.2, -0.15) is 4.98 Å². The van der Waals surface area contributed by atoms with Gasteiger partial charge >= 0.3 is 0 Å². The van der Waals surface area contributed by atoms with E-state index in [1.807, 2.05) is 12.1 Å². The molecule has 1 saturated heterocycles. The molecule has 0 N–H and O–H groups in total. The maximum Gasteiger partial charge on any atom is 0.235 e. The predicted octanol–water partition coefficient (Wildman–Crippen LogP) is 9.39. The molecule has 7 heteroatoms. The summed E-state index contributed by atoms with van der Waals surface area (Å²) in [4.78, 5) is 37.1. The number of amides is 2. The molecule has 2 aromatic carbocycles.